The smallest absolute Gasteiger partial charge is 0.180 e. The number of methoxy groups -OCH3 is 1. The summed E-state index contributed by atoms with van der Waals surface area (Å²) in [6.07, 6.45) is 5.08. The summed E-state index contributed by atoms with van der Waals surface area (Å²) in [6, 6.07) is 5.47. The van der Waals surface area contributed by atoms with E-state index >= 15 is 0 Å². The van der Waals surface area contributed by atoms with Crippen LogP contribution in [0.1, 0.15) is 12.8 Å². The van der Waals surface area contributed by atoms with Gasteiger partial charge in [0.1, 0.15) is 0 Å². The molecule has 1 saturated heterocycles. The van der Waals surface area contributed by atoms with Gasteiger partial charge in [-0.15, -0.1) is 0 Å². The van der Waals surface area contributed by atoms with Gasteiger partial charge in [0.2, 0.25) is 0 Å². The Kier molecular flexibility index (Phi) is 3.98. The maximum absolute atomic E-state index is 12.4. The minimum absolute atomic E-state index is 0.415. The molecule has 1 aromatic heterocycles. The number of para-hydroxylation sites is 1. The highest BCUT2D eigenvalue weighted by Gasteiger charge is 2.17. The van der Waals surface area contributed by atoms with Crippen LogP contribution in [-0.2, 0) is 9.73 Å². The Morgan fingerprint density at radius 2 is 2.00 bits per heavy atom. The highest BCUT2D eigenvalue weighted by atomic mass is 32.2. The van der Waals surface area contributed by atoms with Crippen LogP contribution in [0, 0.1) is 0 Å². The lowest BCUT2D eigenvalue weighted by atomic mass is 10.1. The summed E-state index contributed by atoms with van der Waals surface area (Å²) in [6.45, 7) is 0. The fourth-order valence-corrected chi connectivity index (χ4v) is 4.64. The topological polar surface area (TPSA) is 90.5 Å². The SMILES string of the molecule is COc1c(N)cccc1-c1cnc(N=S2(=O)CCCC2)cn1. The number of rotatable bonds is 3. The molecule has 1 aliphatic heterocycles. The van der Waals surface area contributed by atoms with Gasteiger partial charge in [0.05, 0.1) is 40.6 Å². The maximum Gasteiger partial charge on any atom is 0.180 e. The van der Waals surface area contributed by atoms with Crippen LogP contribution in [0.3, 0.4) is 0 Å². The van der Waals surface area contributed by atoms with Crippen molar-refractivity contribution in [3.63, 3.8) is 0 Å². The van der Waals surface area contributed by atoms with Crippen LogP contribution in [0.25, 0.3) is 11.3 Å². The lowest BCUT2D eigenvalue weighted by Gasteiger charge is -2.10. The van der Waals surface area contributed by atoms with E-state index in [1.807, 2.05) is 12.1 Å². The summed E-state index contributed by atoms with van der Waals surface area (Å²) in [7, 11) is -0.560. The van der Waals surface area contributed by atoms with Crippen molar-refractivity contribution in [1.29, 1.82) is 0 Å². The molecule has 6 nitrogen and oxygen atoms in total. The summed E-state index contributed by atoms with van der Waals surface area (Å²) < 4.78 is 22.0. The highest BCUT2D eigenvalue weighted by Crippen LogP contribution is 2.33. The van der Waals surface area contributed by atoms with Crippen LogP contribution in [0.5, 0.6) is 5.75 Å². The number of nitrogens with zero attached hydrogens (tertiary/aromatic N) is 3. The number of nitrogens with two attached hydrogens (primary N) is 1. The third kappa shape index (κ3) is 2.89. The van der Waals surface area contributed by atoms with Crippen LogP contribution in [0.15, 0.2) is 35.0 Å². The van der Waals surface area contributed by atoms with Gasteiger partial charge in [0, 0.05) is 17.1 Å². The molecule has 0 bridgehead atoms. The van der Waals surface area contributed by atoms with E-state index in [2.05, 4.69) is 14.3 Å². The minimum atomic E-state index is -2.13. The van der Waals surface area contributed by atoms with Gasteiger partial charge in [-0.2, -0.15) is 4.36 Å². The Hall–Kier alpha value is -2.15. The zero-order valence-electron chi connectivity index (χ0n) is 12.4. The van der Waals surface area contributed by atoms with E-state index in [0.29, 0.717) is 34.5 Å². The van der Waals surface area contributed by atoms with E-state index < -0.39 is 9.73 Å². The number of nitrogen functional groups attached to an aromatic ring is 1. The molecule has 7 heteroatoms. The number of aromatic nitrogens is 2. The number of benzene rings is 1. The zero-order chi connectivity index (χ0) is 15.6. The molecule has 0 spiro atoms. The number of hydrogen-bond donors (Lipinski definition) is 1. The summed E-state index contributed by atoms with van der Waals surface area (Å²) in [5.74, 6) is 2.29. The standard InChI is InChI=1S/C15H18N4O2S/c1-21-15-11(5-4-6-12(15)16)13-9-18-14(10-17-13)19-22(20)7-2-3-8-22/h4-6,9-10H,2-3,7-8,16H2,1H3. The van der Waals surface area contributed by atoms with Crippen LogP contribution < -0.4 is 10.5 Å². The van der Waals surface area contributed by atoms with Gasteiger partial charge in [-0.05, 0) is 25.0 Å². The van der Waals surface area contributed by atoms with E-state index in [4.69, 9.17) is 10.5 Å². The Labute approximate surface area is 129 Å². The average molecular weight is 318 g/mol. The van der Waals surface area contributed by atoms with Crippen LogP contribution >= 0.6 is 0 Å². The van der Waals surface area contributed by atoms with Crippen molar-refractivity contribution in [3.8, 4) is 17.0 Å². The predicted octanol–water partition coefficient (Wildman–Crippen LogP) is 2.63. The molecule has 1 aliphatic rings. The van der Waals surface area contributed by atoms with Gasteiger partial charge < -0.3 is 10.5 Å². The number of anilines is 1. The van der Waals surface area contributed by atoms with Gasteiger partial charge in [0.25, 0.3) is 0 Å². The van der Waals surface area contributed by atoms with E-state index in [9.17, 15) is 4.21 Å². The second kappa shape index (κ2) is 5.92. The van der Waals surface area contributed by atoms with Crippen molar-refractivity contribution in [2.45, 2.75) is 12.8 Å². The fourth-order valence-electron chi connectivity index (χ4n) is 2.51. The van der Waals surface area contributed by atoms with Crippen molar-refractivity contribution >= 4 is 21.2 Å². The Morgan fingerprint density at radius 1 is 1.23 bits per heavy atom. The van der Waals surface area contributed by atoms with Crippen molar-refractivity contribution in [2.75, 3.05) is 24.3 Å². The van der Waals surface area contributed by atoms with E-state index in [1.54, 1.807) is 25.6 Å². The maximum atomic E-state index is 12.4. The van der Waals surface area contributed by atoms with Gasteiger partial charge in [-0.3, -0.25) is 4.98 Å². The molecule has 3 rings (SSSR count). The summed E-state index contributed by atoms with van der Waals surface area (Å²) in [5, 5.41) is 0. The van der Waals surface area contributed by atoms with E-state index in [-0.39, 0.29) is 0 Å². The Morgan fingerprint density at radius 3 is 2.64 bits per heavy atom. The third-order valence-electron chi connectivity index (χ3n) is 3.60. The van der Waals surface area contributed by atoms with Gasteiger partial charge in [0.15, 0.2) is 11.6 Å². The van der Waals surface area contributed by atoms with Gasteiger partial charge >= 0.3 is 0 Å². The first-order valence-corrected chi connectivity index (χ1v) is 8.94. The second-order valence-corrected chi connectivity index (χ2v) is 7.71. The van der Waals surface area contributed by atoms with Gasteiger partial charge in [-0.1, -0.05) is 6.07 Å². The molecule has 0 radical (unpaired) electrons. The fraction of sp³-hybridized carbons (Fsp3) is 0.333. The van der Waals surface area contributed by atoms with Crippen molar-refractivity contribution in [3.05, 3.63) is 30.6 Å². The molecular formula is C15H18N4O2S. The molecule has 0 aliphatic carbocycles. The summed E-state index contributed by atoms with van der Waals surface area (Å²) >= 11 is 0. The van der Waals surface area contributed by atoms with Crippen LogP contribution in [0.2, 0.25) is 0 Å². The van der Waals surface area contributed by atoms with E-state index in [0.717, 1.165) is 18.4 Å². The van der Waals surface area contributed by atoms with Crippen molar-refractivity contribution in [1.82, 2.24) is 9.97 Å². The lowest BCUT2D eigenvalue weighted by molar-refractivity contribution is 0.418. The molecule has 0 amide bonds. The largest absolute Gasteiger partial charge is 0.494 e. The lowest BCUT2D eigenvalue weighted by Crippen LogP contribution is -2.00. The first-order valence-electron chi connectivity index (χ1n) is 7.09. The molecule has 22 heavy (non-hydrogen) atoms. The van der Waals surface area contributed by atoms with E-state index in [1.165, 1.54) is 0 Å². The molecule has 1 fully saturated rings. The van der Waals surface area contributed by atoms with Crippen molar-refractivity contribution < 1.29 is 8.95 Å². The molecule has 116 valence electrons. The monoisotopic (exact) mass is 318 g/mol. The first kappa shape index (κ1) is 14.8. The summed E-state index contributed by atoms with van der Waals surface area (Å²) in [5.41, 5.74) is 7.85. The highest BCUT2D eigenvalue weighted by molar-refractivity contribution is 7.93. The molecule has 0 unspecified atom stereocenters. The minimum Gasteiger partial charge on any atom is -0.494 e. The summed E-state index contributed by atoms with van der Waals surface area (Å²) in [4.78, 5) is 8.62. The normalized spacial score (nSPS) is 16.4. The molecule has 0 saturated carbocycles. The molecule has 2 aromatic rings. The molecule has 2 N–H and O–H groups in total. The molecule has 1 aromatic carbocycles. The average Bonchev–Trinajstić information content (AvgIpc) is 2.94. The molecule has 0 atom stereocenters. The predicted molar refractivity (Wildman–Crippen MR) is 87.6 cm³/mol. The van der Waals surface area contributed by atoms with Crippen LogP contribution in [-0.4, -0.2) is 32.8 Å². The second-order valence-electron chi connectivity index (χ2n) is 5.17. The zero-order valence-corrected chi connectivity index (χ0v) is 13.2. The van der Waals surface area contributed by atoms with Crippen molar-refractivity contribution in [2.24, 2.45) is 4.36 Å². The molecule has 2 heterocycles. The quantitative estimate of drug-likeness (QED) is 0.879. The van der Waals surface area contributed by atoms with Gasteiger partial charge in [-0.25, -0.2) is 9.19 Å². The van der Waals surface area contributed by atoms with Crippen LogP contribution in [0.4, 0.5) is 11.5 Å². The Bertz CT molecular complexity index is 784. The first-order chi connectivity index (χ1) is 10.6. The molecular weight excluding hydrogens is 300 g/mol. The number of ether oxygens (including phenoxy) is 1. The third-order valence-corrected chi connectivity index (χ3v) is 5.97. The Balaban J connectivity index is 1.96. The number of hydrogen-bond acceptors (Lipinski definition) is 6.